The molecule has 0 aromatic heterocycles. The summed E-state index contributed by atoms with van der Waals surface area (Å²) >= 11 is 11.8. The van der Waals surface area contributed by atoms with Crippen LogP contribution in [0.5, 0.6) is 0 Å². The predicted octanol–water partition coefficient (Wildman–Crippen LogP) is 3.58. The van der Waals surface area contributed by atoms with Crippen LogP contribution in [0.15, 0.2) is 30.9 Å². The number of thioether (sulfide) groups is 1. The third-order valence-electron chi connectivity index (χ3n) is 7.29. The van der Waals surface area contributed by atoms with E-state index in [1.807, 2.05) is 19.1 Å². The van der Waals surface area contributed by atoms with E-state index >= 15 is 0 Å². The van der Waals surface area contributed by atoms with Gasteiger partial charge in [-0.15, -0.1) is 18.3 Å². The molecule has 1 aromatic carbocycles. The van der Waals surface area contributed by atoms with Gasteiger partial charge in [0.2, 0.25) is 5.91 Å². The molecule has 2 amide bonds. The molecule has 3 heterocycles. The van der Waals surface area contributed by atoms with E-state index in [1.165, 1.54) is 16.7 Å². The van der Waals surface area contributed by atoms with Gasteiger partial charge in [-0.25, -0.2) is 0 Å². The Balaban J connectivity index is 1.86. The monoisotopic (exact) mass is 584 g/mol. The highest BCUT2D eigenvalue weighted by Gasteiger charge is 2.76. The zero-order valence-corrected chi connectivity index (χ0v) is 23.1. The Kier molecular flexibility index (Phi) is 7.63. The Morgan fingerprint density at radius 1 is 1.49 bits per heavy atom. The molecule has 1 spiro atoms. The van der Waals surface area contributed by atoms with Crippen LogP contribution in [0, 0.1) is 18.8 Å². The standard InChI is InChI=1S/C25H30BrClN2O5S/c1-5-10-28(19-13(3)8-7-9-16(19)27)23(32)21-25-11-15(26)20(35-25)17(24(33)34-6-2)18(25)22(31)29(21)14(4)12-30/h5,7-9,14-15,17-18,20-21,30H,1,6,10-12H2,2-4H3/t14-,15?,17-,18+,20-,21?,25?/m1/s1. The second-order valence-corrected chi connectivity index (χ2v) is 12.5. The highest BCUT2D eigenvalue weighted by atomic mass is 79.9. The average Bonchev–Trinajstić information content (AvgIpc) is 3.41. The number of nitrogens with zero attached hydrogens (tertiary/aromatic N) is 2. The van der Waals surface area contributed by atoms with E-state index in [1.54, 1.807) is 30.9 Å². The summed E-state index contributed by atoms with van der Waals surface area (Å²) in [6.45, 7) is 9.27. The quantitative estimate of drug-likeness (QED) is 0.285. The Hall–Kier alpha value is -1.55. The summed E-state index contributed by atoms with van der Waals surface area (Å²) in [5, 5.41) is 10.3. The molecule has 0 radical (unpaired) electrons. The number of para-hydroxylation sites is 1. The maximum Gasteiger partial charge on any atom is 0.310 e. The molecule has 7 atom stereocenters. The number of likely N-dealkylation sites (tertiary alicyclic amines) is 1. The van der Waals surface area contributed by atoms with Crippen molar-refractivity contribution in [2.24, 2.45) is 11.8 Å². The number of aliphatic hydroxyl groups excluding tert-OH is 1. The van der Waals surface area contributed by atoms with Gasteiger partial charge in [-0.1, -0.05) is 45.7 Å². The van der Waals surface area contributed by atoms with Crippen molar-refractivity contribution in [1.29, 1.82) is 0 Å². The van der Waals surface area contributed by atoms with Crippen molar-refractivity contribution >= 4 is 62.8 Å². The summed E-state index contributed by atoms with van der Waals surface area (Å²) in [6, 6.07) is 3.93. The largest absolute Gasteiger partial charge is 0.466 e. The number of ether oxygens (including phenoxy) is 1. The van der Waals surface area contributed by atoms with Crippen LogP contribution in [0.4, 0.5) is 5.69 Å². The minimum Gasteiger partial charge on any atom is -0.466 e. The fourth-order valence-corrected chi connectivity index (χ4v) is 9.85. The van der Waals surface area contributed by atoms with E-state index in [-0.39, 0.29) is 41.6 Å². The number of hydrogen-bond acceptors (Lipinski definition) is 6. The highest BCUT2D eigenvalue weighted by molar-refractivity contribution is 9.09. The number of amides is 2. The number of halogens is 2. The van der Waals surface area contributed by atoms with Crippen LogP contribution in [0.3, 0.4) is 0 Å². The lowest BCUT2D eigenvalue weighted by Crippen LogP contribution is -2.57. The first-order valence-corrected chi connectivity index (χ1v) is 13.9. The van der Waals surface area contributed by atoms with Crippen LogP contribution in [0.1, 0.15) is 25.8 Å². The molecule has 7 nitrogen and oxygen atoms in total. The van der Waals surface area contributed by atoms with Crippen LogP contribution in [-0.4, -0.2) is 74.5 Å². The third kappa shape index (κ3) is 4.03. The lowest BCUT2D eigenvalue weighted by atomic mass is 9.71. The Morgan fingerprint density at radius 3 is 2.80 bits per heavy atom. The van der Waals surface area contributed by atoms with Crippen LogP contribution in [0.2, 0.25) is 5.02 Å². The molecule has 1 aromatic rings. The van der Waals surface area contributed by atoms with Crippen molar-refractivity contribution in [1.82, 2.24) is 4.90 Å². The SMILES string of the molecule is C=CCN(C(=O)C1N([C@H](C)CO)C(=O)[C@@H]2[C@@H](C(=O)OCC)[C@@H]3SC12CC3Br)c1c(C)cccc1Cl. The summed E-state index contributed by atoms with van der Waals surface area (Å²) in [5.74, 6) is -2.36. The van der Waals surface area contributed by atoms with Crippen LogP contribution < -0.4 is 4.90 Å². The number of hydrogen-bond donors (Lipinski definition) is 1. The third-order valence-corrected chi connectivity index (χ3v) is 10.8. The lowest BCUT2D eigenvalue weighted by Gasteiger charge is -2.39. The lowest BCUT2D eigenvalue weighted by molar-refractivity contribution is -0.154. The number of benzene rings is 1. The van der Waals surface area contributed by atoms with Crippen molar-refractivity contribution in [2.45, 2.75) is 54.1 Å². The number of anilines is 1. The van der Waals surface area contributed by atoms with E-state index in [4.69, 9.17) is 16.3 Å². The number of aliphatic hydroxyl groups is 1. The van der Waals surface area contributed by atoms with Crippen molar-refractivity contribution in [3.05, 3.63) is 41.4 Å². The Morgan fingerprint density at radius 2 is 2.20 bits per heavy atom. The van der Waals surface area contributed by atoms with Crippen LogP contribution in [0.25, 0.3) is 0 Å². The van der Waals surface area contributed by atoms with Gasteiger partial charge in [0.15, 0.2) is 0 Å². The van der Waals surface area contributed by atoms with Crippen molar-refractivity contribution in [3.8, 4) is 0 Å². The molecule has 4 rings (SSSR count). The van der Waals surface area contributed by atoms with Gasteiger partial charge in [0.25, 0.3) is 5.91 Å². The summed E-state index contributed by atoms with van der Waals surface area (Å²) in [4.78, 5) is 44.4. The Labute approximate surface area is 223 Å². The van der Waals surface area contributed by atoms with E-state index in [0.29, 0.717) is 17.1 Å². The zero-order chi connectivity index (χ0) is 25.7. The van der Waals surface area contributed by atoms with Gasteiger partial charge >= 0.3 is 5.97 Å². The minimum atomic E-state index is -0.882. The molecule has 10 heteroatoms. The van der Waals surface area contributed by atoms with Crippen LogP contribution >= 0.6 is 39.3 Å². The number of carbonyl (C=O) groups excluding carboxylic acids is 3. The number of alkyl halides is 1. The summed E-state index contributed by atoms with van der Waals surface area (Å²) in [5.41, 5.74) is 1.39. The first-order valence-electron chi connectivity index (χ1n) is 11.7. The van der Waals surface area contributed by atoms with Gasteiger partial charge in [0.05, 0.1) is 46.5 Å². The predicted molar refractivity (Wildman–Crippen MR) is 141 cm³/mol. The van der Waals surface area contributed by atoms with Crippen molar-refractivity contribution < 1.29 is 24.2 Å². The molecule has 1 N–H and O–H groups in total. The summed E-state index contributed by atoms with van der Waals surface area (Å²) in [7, 11) is 0. The second kappa shape index (κ2) is 10.1. The number of rotatable bonds is 8. The number of carbonyl (C=O) groups is 3. The molecular weight excluding hydrogens is 556 g/mol. The fraction of sp³-hybridized carbons (Fsp3) is 0.560. The first kappa shape index (κ1) is 26.5. The molecule has 0 saturated carbocycles. The number of fused-ring (bicyclic) bond motifs is 1. The first-order chi connectivity index (χ1) is 16.6. The number of aryl methyl sites for hydroxylation is 1. The molecule has 3 saturated heterocycles. The van der Waals surface area contributed by atoms with E-state index in [0.717, 1.165) is 5.56 Å². The average molecular weight is 586 g/mol. The maximum atomic E-state index is 14.5. The molecule has 0 aliphatic carbocycles. The molecule has 3 aliphatic rings. The van der Waals surface area contributed by atoms with Gasteiger partial charge in [0, 0.05) is 16.6 Å². The van der Waals surface area contributed by atoms with Gasteiger partial charge in [-0.3, -0.25) is 14.4 Å². The van der Waals surface area contributed by atoms with E-state index in [9.17, 15) is 19.5 Å². The Bertz CT molecular complexity index is 1040. The molecule has 35 heavy (non-hydrogen) atoms. The molecule has 3 aliphatic heterocycles. The van der Waals surface area contributed by atoms with Gasteiger partial charge < -0.3 is 19.6 Å². The fourth-order valence-electron chi connectivity index (χ4n) is 5.95. The zero-order valence-electron chi connectivity index (χ0n) is 19.9. The molecular formula is C25H30BrClN2O5S. The summed E-state index contributed by atoms with van der Waals surface area (Å²) in [6.07, 6.45) is 2.17. The highest BCUT2D eigenvalue weighted by Crippen LogP contribution is 2.68. The molecule has 3 fully saturated rings. The summed E-state index contributed by atoms with van der Waals surface area (Å²) < 4.78 is 4.53. The van der Waals surface area contributed by atoms with Gasteiger partial charge in [0.1, 0.15) is 6.04 Å². The van der Waals surface area contributed by atoms with E-state index < -0.39 is 34.6 Å². The topological polar surface area (TPSA) is 87.2 Å². The second-order valence-electron chi connectivity index (χ2n) is 9.34. The van der Waals surface area contributed by atoms with Gasteiger partial charge in [-0.05, 0) is 38.8 Å². The molecule has 190 valence electrons. The van der Waals surface area contributed by atoms with E-state index in [2.05, 4.69) is 22.5 Å². The van der Waals surface area contributed by atoms with Gasteiger partial charge in [-0.2, -0.15) is 0 Å². The normalized spacial score (nSPS) is 31.9. The van der Waals surface area contributed by atoms with Crippen LogP contribution in [-0.2, 0) is 19.1 Å². The van der Waals surface area contributed by atoms with Crippen molar-refractivity contribution in [3.63, 3.8) is 0 Å². The molecule has 2 bridgehead atoms. The molecule has 3 unspecified atom stereocenters. The maximum absolute atomic E-state index is 14.5. The number of esters is 1. The minimum absolute atomic E-state index is 0.0551. The van der Waals surface area contributed by atoms with Crippen molar-refractivity contribution in [2.75, 3.05) is 24.7 Å². The smallest absolute Gasteiger partial charge is 0.310 e.